The normalized spacial score (nSPS) is 9.44. The van der Waals surface area contributed by atoms with Crippen molar-refractivity contribution in [3.8, 4) is 13.1 Å². The Kier molecular flexibility index (Phi) is 7.66. The molecule has 0 aliphatic rings. The molecule has 0 bridgehead atoms. The standard InChI is InChI=1S/C13H10N6OS.2CHN/c14-17-6-8-1-2-9-11(5-8)21-13(18-9)19-12(20)10-7-15-3-4-16-10;2*1-2/h1-7H,14H2,(H,18,19,20);2*1H. The topological polar surface area (TPSA) is 154 Å². The van der Waals surface area contributed by atoms with Crippen molar-refractivity contribution in [2.45, 2.75) is 0 Å². The molecule has 124 valence electrons. The minimum absolute atomic E-state index is 0.243. The molecular formula is C15H12N8OS. The van der Waals surface area contributed by atoms with E-state index >= 15 is 0 Å². The van der Waals surface area contributed by atoms with Gasteiger partial charge in [-0.05, 0) is 17.7 Å². The number of rotatable bonds is 3. The molecule has 9 nitrogen and oxygen atoms in total. The van der Waals surface area contributed by atoms with Crippen LogP contribution in [-0.4, -0.2) is 27.1 Å². The van der Waals surface area contributed by atoms with E-state index in [2.05, 4.69) is 38.5 Å². The van der Waals surface area contributed by atoms with Crippen molar-refractivity contribution in [2.75, 3.05) is 5.32 Å². The van der Waals surface area contributed by atoms with E-state index in [1.807, 2.05) is 18.2 Å². The molecule has 3 rings (SSSR count). The Hall–Kier alpha value is -3.89. The largest absolute Gasteiger partial charge is 0.323 e. The van der Waals surface area contributed by atoms with Crippen LogP contribution >= 0.6 is 11.3 Å². The minimum atomic E-state index is -0.342. The zero-order valence-electron chi connectivity index (χ0n) is 12.8. The molecule has 0 saturated carbocycles. The first-order valence-corrected chi connectivity index (χ1v) is 7.31. The second-order valence-electron chi connectivity index (χ2n) is 4.07. The number of fused-ring (bicyclic) bond motifs is 1. The van der Waals surface area contributed by atoms with Crippen molar-refractivity contribution in [2.24, 2.45) is 10.9 Å². The van der Waals surface area contributed by atoms with Gasteiger partial charge >= 0.3 is 0 Å². The van der Waals surface area contributed by atoms with Gasteiger partial charge in [0.25, 0.3) is 5.91 Å². The predicted molar refractivity (Wildman–Crippen MR) is 94.7 cm³/mol. The summed E-state index contributed by atoms with van der Waals surface area (Å²) in [5, 5.41) is 19.7. The van der Waals surface area contributed by atoms with E-state index in [0.29, 0.717) is 5.13 Å². The lowest BCUT2D eigenvalue weighted by Crippen LogP contribution is -2.13. The van der Waals surface area contributed by atoms with E-state index in [9.17, 15) is 4.79 Å². The Bertz CT molecular complexity index is 895. The Morgan fingerprint density at radius 2 is 2.04 bits per heavy atom. The highest BCUT2D eigenvalue weighted by atomic mass is 32.1. The molecule has 2 heterocycles. The lowest BCUT2D eigenvalue weighted by Gasteiger charge is -1.98. The van der Waals surface area contributed by atoms with Crippen LogP contribution in [0.2, 0.25) is 0 Å². The first-order valence-electron chi connectivity index (χ1n) is 6.49. The fraction of sp³-hybridized carbons (Fsp3) is 0. The van der Waals surface area contributed by atoms with Gasteiger partial charge in [-0.25, -0.2) is 20.5 Å². The van der Waals surface area contributed by atoms with Crippen LogP contribution < -0.4 is 11.2 Å². The summed E-state index contributed by atoms with van der Waals surface area (Å²) in [5.41, 5.74) is 1.91. The molecule has 2 aromatic heterocycles. The van der Waals surface area contributed by atoms with Gasteiger partial charge in [0, 0.05) is 25.5 Å². The van der Waals surface area contributed by atoms with Gasteiger partial charge in [0.2, 0.25) is 0 Å². The fourth-order valence-electron chi connectivity index (χ4n) is 1.74. The first-order chi connectivity index (χ1) is 12.3. The number of hydrazone groups is 1. The van der Waals surface area contributed by atoms with E-state index in [0.717, 1.165) is 15.8 Å². The average Bonchev–Trinajstić information content (AvgIpc) is 3.07. The van der Waals surface area contributed by atoms with E-state index in [-0.39, 0.29) is 11.6 Å². The molecule has 10 heteroatoms. The number of thiazole rings is 1. The summed E-state index contributed by atoms with van der Waals surface area (Å²) in [6, 6.07) is 5.61. The number of carbonyl (C=O) groups excluding carboxylic acids is 1. The number of nitrogens with one attached hydrogen (secondary N) is 1. The van der Waals surface area contributed by atoms with Gasteiger partial charge in [0.1, 0.15) is 5.69 Å². The third-order valence-electron chi connectivity index (χ3n) is 2.65. The SMILES string of the molecule is C#N.C#N.NN=Cc1ccc2nc(NC(=O)c3cnccn3)sc2c1. The van der Waals surface area contributed by atoms with Crippen LogP contribution in [0.5, 0.6) is 0 Å². The van der Waals surface area contributed by atoms with E-state index in [1.54, 1.807) is 6.21 Å². The Balaban J connectivity index is 0.000000730. The summed E-state index contributed by atoms with van der Waals surface area (Å²) in [6.07, 6.45) is 5.93. The highest BCUT2D eigenvalue weighted by Gasteiger charge is 2.11. The van der Waals surface area contributed by atoms with Crippen molar-refractivity contribution in [1.82, 2.24) is 15.0 Å². The van der Waals surface area contributed by atoms with E-state index < -0.39 is 0 Å². The lowest BCUT2D eigenvalue weighted by atomic mass is 10.2. The monoisotopic (exact) mass is 352 g/mol. The van der Waals surface area contributed by atoms with Gasteiger partial charge in [0.05, 0.1) is 22.6 Å². The molecule has 1 aromatic carbocycles. The van der Waals surface area contributed by atoms with Gasteiger partial charge < -0.3 is 5.84 Å². The number of amides is 1. The number of hydrogen-bond acceptors (Lipinski definition) is 9. The summed E-state index contributed by atoms with van der Waals surface area (Å²) >= 11 is 1.37. The maximum Gasteiger partial charge on any atom is 0.277 e. The van der Waals surface area contributed by atoms with Crippen LogP contribution in [0.4, 0.5) is 5.13 Å². The van der Waals surface area contributed by atoms with Crippen molar-refractivity contribution in [3.05, 3.63) is 48.0 Å². The van der Waals surface area contributed by atoms with Crippen LogP contribution in [0.1, 0.15) is 16.1 Å². The molecule has 0 atom stereocenters. The van der Waals surface area contributed by atoms with Gasteiger partial charge in [-0.1, -0.05) is 17.4 Å². The molecule has 0 aliphatic carbocycles. The molecule has 0 aliphatic heterocycles. The lowest BCUT2D eigenvalue weighted by molar-refractivity contribution is 0.102. The van der Waals surface area contributed by atoms with Gasteiger partial charge in [-0.3, -0.25) is 15.1 Å². The Morgan fingerprint density at radius 1 is 1.28 bits per heavy atom. The fourth-order valence-corrected chi connectivity index (χ4v) is 2.65. The molecule has 1 amide bonds. The Morgan fingerprint density at radius 3 is 2.68 bits per heavy atom. The summed E-state index contributed by atoms with van der Waals surface area (Å²) < 4.78 is 0.932. The smallest absolute Gasteiger partial charge is 0.277 e. The number of nitrogens with two attached hydrogens (primary N) is 1. The highest BCUT2D eigenvalue weighted by Crippen LogP contribution is 2.26. The van der Waals surface area contributed by atoms with Gasteiger partial charge in [-0.15, -0.1) is 0 Å². The zero-order chi connectivity index (χ0) is 18.7. The number of anilines is 1. The van der Waals surface area contributed by atoms with Crippen LogP contribution in [0.25, 0.3) is 10.2 Å². The molecule has 25 heavy (non-hydrogen) atoms. The molecule has 0 spiro atoms. The van der Waals surface area contributed by atoms with Crippen LogP contribution in [0.3, 0.4) is 0 Å². The maximum atomic E-state index is 12.0. The molecule has 3 N–H and O–H groups in total. The summed E-state index contributed by atoms with van der Waals surface area (Å²) in [6.45, 7) is 7.00. The first kappa shape index (κ1) is 19.2. The zero-order valence-corrected chi connectivity index (χ0v) is 13.6. The molecule has 3 aromatic rings. The third kappa shape index (κ3) is 5.06. The number of nitrogens with zero attached hydrogens (tertiary/aromatic N) is 6. The van der Waals surface area contributed by atoms with Crippen molar-refractivity contribution < 1.29 is 4.79 Å². The van der Waals surface area contributed by atoms with Crippen molar-refractivity contribution >= 4 is 38.8 Å². The summed E-state index contributed by atoms with van der Waals surface area (Å²) in [7, 11) is 0. The van der Waals surface area contributed by atoms with Crippen LogP contribution in [0, 0.1) is 23.7 Å². The number of nitriles is 2. The highest BCUT2D eigenvalue weighted by molar-refractivity contribution is 7.22. The molecule has 0 unspecified atom stereocenters. The van der Waals surface area contributed by atoms with E-state index in [4.69, 9.17) is 16.4 Å². The minimum Gasteiger partial charge on any atom is -0.323 e. The molecule has 0 saturated heterocycles. The number of carbonyl (C=O) groups is 1. The van der Waals surface area contributed by atoms with Crippen molar-refractivity contribution in [1.29, 1.82) is 10.5 Å². The van der Waals surface area contributed by atoms with Gasteiger partial charge in [0.15, 0.2) is 5.13 Å². The van der Waals surface area contributed by atoms with Crippen LogP contribution in [-0.2, 0) is 0 Å². The third-order valence-corrected chi connectivity index (χ3v) is 3.59. The summed E-state index contributed by atoms with van der Waals surface area (Å²) in [5.74, 6) is 4.79. The van der Waals surface area contributed by atoms with E-state index in [1.165, 1.54) is 29.9 Å². The second-order valence-corrected chi connectivity index (χ2v) is 5.10. The van der Waals surface area contributed by atoms with Crippen LogP contribution in [0.15, 0.2) is 41.9 Å². The average molecular weight is 352 g/mol. The van der Waals surface area contributed by atoms with Gasteiger partial charge in [-0.2, -0.15) is 5.10 Å². The van der Waals surface area contributed by atoms with Crippen molar-refractivity contribution in [3.63, 3.8) is 0 Å². The molecule has 0 radical (unpaired) electrons. The quantitative estimate of drug-likeness (QED) is 0.414. The Labute approximate surface area is 147 Å². The number of hydrogen-bond donors (Lipinski definition) is 2. The second kappa shape index (κ2) is 9.99. The predicted octanol–water partition coefficient (Wildman–Crippen LogP) is 1.91. The number of aromatic nitrogens is 3. The molecule has 0 fully saturated rings. The maximum absolute atomic E-state index is 12.0. The summed E-state index contributed by atoms with van der Waals surface area (Å²) in [4.78, 5) is 24.1. The molecular weight excluding hydrogens is 340 g/mol. The number of benzene rings is 1.